The van der Waals surface area contributed by atoms with Gasteiger partial charge in [-0.05, 0) is 48.0 Å². The molecule has 9 heteroatoms. The first-order valence-electron chi connectivity index (χ1n) is 8.91. The Morgan fingerprint density at radius 3 is 2.29 bits per heavy atom. The molecule has 4 rings (SSSR count). The van der Waals surface area contributed by atoms with Crippen LogP contribution in [0.4, 0.5) is 14.5 Å². The molecule has 156 valence electrons. The fourth-order valence-electron chi connectivity index (χ4n) is 3.39. The van der Waals surface area contributed by atoms with Crippen molar-refractivity contribution >= 4 is 46.3 Å². The van der Waals surface area contributed by atoms with Gasteiger partial charge in [0.15, 0.2) is 11.6 Å². The number of ketones is 1. The summed E-state index contributed by atoms with van der Waals surface area (Å²) in [6.45, 7) is 0. The Morgan fingerprint density at radius 2 is 1.65 bits per heavy atom. The molecule has 1 aliphatic rings. The second-order valence-electron chi connectivity index (χ2n) is 6.68. The highest BCUT2D eigenvalue weighted by Crippen LogP contribution is 2.42. The van der Waals surface area contributed by atoms with Crippen molar-refractivity contribution in [2.24, 2.45) is 0 Å². The lowest BCUT2D eigenvalue weighted by atomic mass is 9.96. The number of anilines is 1. The summed E-state index contributed by atoms with van der Waals surface area (Å²) in [6, 6.07) is 9.06. The highest BCUT2D eigenvalue weighted by atomic mass is 35.5. The van der Waals surface area contributed by atoms with Crippen LogP contribution in [0.15, 0.2) is 66.5 Å². The van der Waals surface area contributed by atoms with E-state index in [4.69, 9.17) is 23.2 Å². The number of carbonyl (C=O) groups excluding carboxylic acids is 2. The average molecular weight is 461 g/mol. The third-order valence-corrected chi connectivity index (χ3v) is 5.58. The number of Topliss-reactive ketones (excluding diaryl/α,β-unsaturated/α-hetero) is 1. The topological polar surface area (TPSA) is 70.5 Å². The first-order chi connectivity index (χ1) is 14.8. The summed E-state index contributed by atoms with van der Waals surface area (Å²) >= 11 is 11.9. The zero-order valence-corrected chi connectivity index (χ0v) is 17.0. The summed E-state index contributed by atoms with van der Waals surface area (Å²) < 4.78 is 27.3. The fourth-order valence-corrected chi connectivity index (χ4v) is 3.69. The van der Waals surface area contributed by atoms with Crippen molar-refractivity contribution in [3.05, 3.63) is 99.3 Å². The Bertz CT molecular complexity index is 1250. The number of amides is 1. The monoisotopic (exact) mass is 460 g/mol. The molecule has 1 N–H and O–H groups in total. The number of carbonyl (C=O) groups is 2. The van der Waals surface area contributed by atoms with Gasteiger partial charge in [0.05, 0.1) is 21.7 Å². The molecular weight excluding hydrogens is 449 g/mol. The van der Waals surface area contributed by atoms with Crippen LogP contribution in [0.25, 0.3) is 5.76 Å². The van der Waals surface area contributed by atoms with E-state index in [9.17, 15) is 23.5 Å². The summed E-state index contributed by atoms with van der Waals surface area (Å²) in [6.07, 6.45) is 2.89. The minimum Gasteiger partial charge on any atom is -0.507 e. The van der Waals surface area contributed by atoms with Gasteiger partial charge in [-0.15, -0.1) is 0 Å². The van der Waals surface area contributed by atoms with Crippen LogP contribution in [0.3, 0.4) is 0 Å². The van der Waals surface area contributed by atoms with Crippen molar-refractivity contribution < 1.29 is 23.5 Å². The summed E-state index contributed by atoms with van der Waals surface area (Å²) in [5.41, 5.74) is 0.313. The predicted molar refractivity (Wildman–Crippen MR) is 112 cm³/mol. The lowest BCUT2D eigenvalue weighted by molar-refractivity contribution is -0.132. The Labute approximate surface area is 185 Å². The minimum absolute atomic E-state index is 0.0454. The molecular formula is C22H12Cl2F2N2O3. The third-order valence-electron chi connectivity index (χ3n) is 4.84. The molecule has 0 saturated carbocycles. The van der Waals surface area contributed by atoms with Crippen LogP contribution in [0.1, 0.15) is 17.2 Å². The zero-order valence-electron chi connectivity index (χ0n) is 15.5. The third kappa shape index (κ3) is 3.66. The maximum atomic E-state index is 13.9. The first kappa shape index (κ1) is 21.0. The van der Waals surface area contributed by atoms with Crippen LogP contribution in [0.2, 0.25) is 10.0 Å². The molecule has 3 aromatic rings. The molecule has 2 heterocycles. The summed E-state index contributed by atoms with van der Waals surface area (Å²) in [5, 5.41) is 11.3. The van der Waals surface area contributed by atoms with Gasteiger partial charge in [-0.3, -0.25) is 19.5 Å². The van der Waals surface area contributed by atoms with Gasteiger partial charge in [-0.1, -0.05) is 23.2 Å². The zero-order chi connectivity index (χ0) is 22.3. The maximum absolute atomic E-state index is 13.9. The van der Waals surface area contributed by atoms with Gasteiger partial charge in [0.2, 0.25) is 0 Å². The number of hydrogen-bond acceptors (Lipinski definition) is 4. The normalized spacial score (nSPS) is 17.9. The molecule has 1 aliphatic heterocycles. The largest absolute Gasteiger partial charge is 0.507 e. The summed E-state index contributed by atoms with van der Waals surface area (Å²) in [5.74, 6) is -4.76. The molecule has 1 fully saturated rings. The molecule has 0 spiro atoms. The molecule has 1 aromatic heterocycles. The molecule has 1 atom stereocenters. The number of nitrogens with zero attached hydrogens (tertiary/aromatic N) is 2. The van der Waals surface area contributed by atoms with Crippen LogP contribution in [0.5, 0.6) is 0 Å². The Morgan fingerprint density at radius 1 is 0.935 bits per heavy atom. The Hall–Kier alpha value is -3.29. The molecule has 5 nitrogen and oxygen atoms in total. The van der Waals surface area contributed by atoms with Gasteiger partial charge in [-0.2, -0.15) is 0 Å². The number of pyridine rings is 1. The molecule has 0 bridgehead atoms. The summed E-state index contributed by atoms with van der Waals surface area (Å²) in [4.78, 5) is 30.8. The van der Waals surface area contributed by atoms with Crippen LogP contribution in [0, 0.1) is 11.6 Å². The van der Waals surface area contributed by atoms with Crippen LogP contribution in [-0.2, 0) is 9.59 Å². The van der Waals surface area contributed by atoms with Crippen molar-refractivity contribution in [1.82, 2.24) is 4.98 Å². The van der Waals surface area contributed by atoms with Gasteiger partial charge < -0.3 is 5.11 Å². The second kappa shape index (κ2) is 8.09. The lowest BCUT2D eigenvalue weighted by Gasteiger charge is -2.25. The van der Waals surface area contributed by atoms with E-state index in [0.29, 0.717) is 5.56 Å². The van der Waals surface area contributed by atoms with Gasteiger partial charge in [0.1, 0.15) is 5.76 Å². The highest BCUT2D eigenvalue weighted by Gasteiger charge is 2.47. The molecule has 2 aromatic carbocycles. The average Bonchev–Trinajstić information content (AvgIpc) is 3.03. The predicted octanol–water partition coefficient (Wildman–Crippen LogP) is 5.29. The van der Waals surface area contributed by atoms with E-state index in [1.807, 2.05) is 0 Å². The number of aliphatic hydroxyl groups excluding tert-OH is 1. The highest BCUT2D eigenvalue weighted by molar-refractivity contribution is 6.51. The number of aliphatic hydroxyl groups is 1. The van der Waals surface area contributed by atoms with E-state index in [1.54, 1.807) is 12.1 Å². The first-order valence-corrected chi connectivity index (χ1v) is 9.66. The minimum atomic E-state index is -1.18. The van der Waals surface area contributed by atoms with Crippen LogP contribution >= 0.6 is 23.2 Å². The van der Waals surface area contributed by atoms with Crippen molar-refractivity contribution in [3.63, 3.8) is 0 Å². The van der Waals surface area contributed by atoms with Crippen molar-refractivity contribution in [3.8, 4) is 0 Å². The Balaban J connectivity index is 1.95. The SMILES string of the molecule is O=C1C(=O)N(c2ccc(F)c(F)c2)C(c2ccncc2)/C1=C(\O)c1ccc(Cl)c(Cl)c1. The smallest absolute Gasteiger partial charge is 0.300 e. The van der Waals surface area contributed by atoms with Crippen molar-refractivity contribution in [2.45, 2.75) is 6.04 Å². The van der Waals surface area contributed by atoms with E-state index in [1.165, 1.54) is 36.7 Å². The second-order valence-corrected chi connectivity index (χ2v) is 7.49. The number of halogens is 4. The van der Waals surface area contributed by atoms with Crippen LogP contribution < -0.4 is 4.90 Å². The van der Waals surface area contributed by atoms with E-state index in [0.717, 1.165) is 17.0 Å². The number of aromatic nitrogens is 1. The summed E-state index contributed by atoms with van der Waals surface area (Å²) in [7, 11) is 0. The lowest BCUT2D eigenvalue weighted by Crippen LogP contribution is -2.29. The van der Waals surface area contributed by atoms with Crippen molar-refractivity contribution in [2.75, 3.05) is 4.90 Å². The molecule has 1 amide bonds. The fraction of sp³-hybridized carbons (Fsp3) is 0.0455. The van der Waals surface area contributed by atoms with E-state index in [2.05, 4.69) is 4.98 Å². The standard InChI is InChI=1S/C22H12Cl2F2N2O3/c23-14-3-1-12(9-15(14)24)20(29)18-19(11-5-7-27-8-6-11)28(22(31)21(18)30)13-2-4-16(25)17(26)10-13/h1-10,19,29H/b20-18+. The number of hydrogen-bond donors (Lipinski definition) is 1. The maximum Gasteiger partial charge on any atom is 0.300 e. The van der Waals surface area contributed by atoms with Crippen molar-refractivity contribution in [1.29, 1.82) is 0 Å². The van der Waals surface area contributed by atoms with E-state index >= 15 is 0 Å². The number of rotatable bonds is 3. The van der Waals surface area contributed by atoms with E-state index in [-0.39, 0.29) is 26.9 Å². The molecule has 31 heavy (non-hydrogen) atoms. The molecule has 0 radical (unpaired) electrons. The van der Waals surface area contributed by atoms with Gasteiger partial charge in [0, 0.05) is 29.7 Å². The van der Waals surface area contributed by atoms with Gasteiger partial charge in [-0.25, -0.2) is 8.78 Å². The van der Waals surface area contributed by atoms with E-state index < -0.39 is 35.1 Å². The molecule has 0 aliphatic carbocycles. The quantitative estimate of drug-likeness (QED) is 0.327. The van der Waals surface area contributed by atoms with Gasteiger partial charge >= 0.3 is 0 Å². The molecule has 1 unspecified atom stereocenters. The number of benzene rings is 2. The van der Waals surface area contributed by atoms with Gasteiger partial charge in [0.25, 0.3) is 11.7 Å². The molecule has 1 saturated heterocycles. The van der Waals surface area contributed by atoms with Crippen LogP contribution in [-0.4, -0.2) is 21.8 Å². The Kier molecular flexibility index (Phi) is 5.47.